The fraction of sp³-hybridized carbons (Fsp3) is 0.400. The predicted octanol–water partition coefficient (Wildman–Crippen LogP) is 5.39. The minimum atomic E-state index is -4.38. The van der Waals surface area contributed by atoms with E-state index in [1.165, 1.54) is 36.7 Å². The number of halogens is 3. The summed E-state index contributed by atoms with van der Waals surface area (Å²) in [6.07, 6.45) is 4.97. The van der Waals surface area contributed by atoms with Crippen LogP contribution in [0.5, 0.6) is 0 Å². The van der Waals surface area contributed by atoms with E-state index in [1.807, 2.05) is 0 Å². The standard InChI is InChI=1S/C20H20F3N3OS/c21-20(22,23)15-8-4-7-14(9-15)17-12-26-11-16(25-19(26)28-17)18(27)24-10-13-5-2-1-3-6-13/h4,7-9,11-13H,1-3,5-6,10H2,(H,24,27). The second-order valence-electron chi connectivity index (χ2n) is 7.20. The van der Waals surface area contributed by atoms with Crippen molar-refractivity contribution in [3.05, 3.63) is 47.9 Å². The van der Waals surface area contributed by atoms with E-state index in [-0.39, 0.29) is 5.91 Å². The van der Waals surface area contributed by atoms with Gasteiger partial charge >= 0.3 is 6.18 Å². The molecular weight excluding hydrogens is 387 g/mol. The molecule has 1 aromatic carbocycles. The largest absolute Gasteiger partial charge is 0.416 e. The molecule has 148 valence electrons. The molecule has 0 saturated heterocycles. The summed E-state index contributed by atoms with van der Waals surface area (Å²) in [4.78, 5) is 17.9. The SMILES string of the molecule is O=C(NCC1CCCCC1)c1cn2cc(-c3cccc(C(F)(F)F)c3)sc2n1. The number of nitrogens with zero attached hydrogens (tertiary/aromatic N) is 2. The third-order valence-corrected chi connectivity index (χ3v) is 6.18. The van der Waals surface area contributed by atoms with Gasteiger partial charge in [0, 0.05) is 18.9 Å². The number of thiazole rings is 1. The summed E-state index contributed by atoms with van der Waals surface area (Å²) in [5.74, 6) is 0.330. The van der Waals surface area contributed by atoms with Crippen molar-refractivity contribution in [2.45, 2.75) is 38.3 Å². The number of hydrogen-bond acceptors (Lipinski definition) is 3. The monoisotopic (exact) mass is 407 g/mol. The number of aromatic nitrogens is 2. The first-order chi connectivity index (χ1) is 13.4. The zero-order valence-electron chi connectivity index (χ0n) is 15.1. The Bertz CT molecular complexity index is 955. The van der Waals surface area contributed by atoms with E-state index in [0.29, 0.717) is 33.6 Å². The predicted molar refractivity (Wildman–Crippen MR) is 102 cm³/mol. The minimum Gasteiger partial charge on any atom is -0.350 e. The summed E-state index contributed by atoms with van der Waals surface area (Å²) >= 11 is 1.26. The normalized spacial score (nSPS) is 15.8. The molecule has 0 aliphatic heterocycles. The smallest absolute Gasteiger partial charge is 0.350 e. The highest BCUT2D eigenvalue weighted by molar-refractivity contribution is 7.20. The van der Waals surface area contributed by atoms with Crippen molar-refractivity contribution < 1.29 is 18.0 Å². The Morgan fingerprint density at radius 2 is 2.00 bits per heavy atom. The number of amides is 1. The lowest BCUT2D eigenvalue weighted by Crippen LogP contribution is -2.30. The van der Waals surface area contributed by atoms with Crippen LogP contribution in [0.2, 0.25) is 0 Å². The summed E-state index contributed by atoms with van der Waals surface area (Å²) in [7, 11) is 0. The van der Waals surface area contributed by atoms with E-state index in [9.17, 15) is 18.0 Å². The molecule has 1 saturated carbocycles. The molecule has 0 bridgehead atoms. The Balaban J connectivity index is 1.48. The molecule has 2 aromatic heterocycles. The first-order valence-electron chi connectivity index (χ1n) is 9.34. The molecule has 4 nitrogen and oxygen atoms in total. The molecule has 1 aliphatic rings. The quantitative estimate of drug-likeness (QED) is 0.630. The van der Waals surface area contributed by atoms with E-state index >= 15 is 0 Å². The summed E-state index contributed by atoms with van der Waals surface area (Å²) in [6, 6.07) is 5.21. The van der Waals surface area contributed by atoms with Gasteiger partial charge in [-0.05, 0) is 36.5 Å². The summed E-state index contributed by atoms with van der Waals surface area (Å²) in [5.41, 5.74) is 0.130. The Morgan fingerprint density at radius 3 is 2.71 bits per heavy atom. The van der Waals surface area contributed by atoms with Crippen LogP contribution < -0.4 is 5.32 Å². The number of carbonyl (C=O) groups is 1. The van der Waals surface area contributed by atoms with E-state index in [4.69, 9.17) is 0 Å². The van der Waals surface area contributed by atoms with Crippen LogP contribution in [0.4, 0.5) is 13.2 Å². The van der Waals surface area contributed by atoms with Gasteiger partial charge in [0.25, 0.3) is 5.91 Å². The van der Waals surface area contributed by atoms with Crippen molar-refractivity contribution in [2.24, 2.45) is 5.92 Å². The van der Waals surface area contributed by atoms with Gasteiger partial charge in [-0.3, -0.25) is 9.20 Å². The molecule has 0 unspecified atom stereocenters. The zero-order valence-corrected chi connectivity index (χ0v) is 15.9. The van der Waals surface area contributed by atoms with Gasteiger partial charge in [0.2, 0.25) is 0 Å². The van der Waals surface area contributed by atoms with Gasteiger partial charge in [-0.15, -0.1) is 0 Å². The number of nitrogens with one attached hydrogen (secondary N) is 1. The molecular formula is C20H20F3N3OS. The third kappa shape index (κ3) is 4.06. The Hall–Kier alpha value is -2.35. The Labute approximate surface area is 164 Å². The summed E-state index contributed by atoms with van der Waals surface area (Å²) in [6.45, 7) is 0.666. The van der Waals surface area contributed by atoms with Crippen molar-refractivity contribution in [3.63, 3.8) is 0 Å². The van der Waals surface area contributed by atoms with Crippen LogP contribution in [0.1, 0.15) is 48.2 Å². The van der Waals surface area contributed by atoms with Crippen LogP contribution in [0.3, 0.4) is 0 Å². The lowest BCUT2D eigenvalue weighted by atomic mass is 9.89. The lowest BCUT2D eigenvalue weighted by molar-refractivity contribution is -0.137. The van der Waals surface area contributed by atoms with Crippen molar-refractivity contribution >= 4 is 22.2 Å². The molecule has 0 atom stereocenters. The maximum Gasteiger partial charge on any atom is 0.416 e. The average Bonchev–Trinajstić information content (AvgIpc) is 3.26. The number of rotatable bonds is 4. The molecule has 3 aromatic rings. The van der Waals surface area contributed by atoms with Gasteiger partial charge in [-0.25, -0.2) is 4.98 Å². The van der Waals surface area contributed by atoms with Gasteiger partial charge < -0.3 is 5.32 Å². The van der Waals surface area contributed by atoms with Gasteiger partial charge in [0.1, 0.15) is 5.69 Å². The fourth-order valence-corrected chi connectivity index (χ4v) is 4.57. The topological polar surface area (TPSA) is 46.4 Å². The Kier molecular flexibility index (Phi) is 5.14. The number of benzene rings is 1. The highest BCUT2D eigenvalue weighted by Gasteiger charge is 2.30. The van der Waals surface area contributed by atoms with Gasteiger partial charge in [-0.1, -0.05) is 42.7 Å². The number of fused-ring (bicyclic) bond motifs is 1. The minimum absolute atomic E-state index is 0.206. The second-order valence-corrected chi connectivity index (χ2v) is 8.21. The first kappa shape index (κ1) is 19.0. The van der Waals surface area contributed by atoms with Crippen LogP contribution in [0, 0.1) is 5.92 Å². The fourth-order valence-electron chi connectivity index (χ4n) is 3.61. The van der Waals surface area contributed by atoms with Crippen molar-refractivity contribution in [3.8, 4) is 10.4 Å². The highest BCUT2D eigenvalue weighted by Crippen LogP contribution is 2.34. The molecule has 1 amide bonds. The van der Waals surface area contributed by atoms with Gasteiger partial charge in [-0.2, -0.15) is 13.2 Å². The molecule has 28 heavy (non-hydrogen) atoms. The number of imidazole rings is 1. The van der Waals surface area contributed by atoms with E-state index in [1.54, 1.807) is 22.9 Å². The van der Waals surface area contributed by atoms with Crippen molar-refractivity contribution in [1.82, 2.24) is 14.7 Å². The lowest BCUT2D eigenvalue weighted by Gasteiger charge is -2.21. The number of alkyl halides is 3. The van der Waals surface area contributed by atoms with E-state index in [2.05, 4.69) is 10.3 Å². The Morgan fingerprint density at radius 1 is 1.21 bits per heavy atom. The molecule has 4 rings (SSSR count). The summed E-state index contributed by atoms with van der Waals surface area (Å²) < 4.78 is 40.4. The van der Waals surface area contributed by atoms with Crippen LogP contribution in [0.25, 0.3) is 15.4 Å². The van der Waals surface area contributed by atoms with Crippen LogP contribution in [0.15, 0.2) is 36.7 Å². The maximum absolute atomic E-state index is 12.9. The van der Waals surface area contributed by atoms with Crippen LogP contribution in [-0.4, -0.2) is 21.8 Å². The zero-order chi connectivity index (χ0) is 19.7. The molecule has 8 heteroatoms. The third-order valence-electron chi connectivity index (χ3n) is 5.14. The molecule has 1 N–H and O–H groups in total. The van der Waals surface area contributed by atoms with E-state index < -0.39 is 11.7 Å². The van der Waals surface area contributed by atoms with Crippen LogP contribution in [-0.2, 0) is 6.18 Å². The van der Waals surface area contributed by atoms with Gasteiger partial charge in [0.15, 0.2) is 4.96 Å². The maximum atomic E-state index is 12.9. The highest BCUT2D eigenvalue weighted by atomic mass is 32.1. The first-order valence-corrected chi connectivity index (χ1v) is 10.2. The molecule has 0 spiro atoms. The van der Waals surface area contributed by atoms with Gasteiger partial charge in [0.05, 0.1) is 10.4 Å². The summed E-state index contributed by atoms with van der Waals surface area (Å²) in [5, 5.41) is 2.95. The number of hydrogen-bond donors (Lipinski definition) is 1. The number of carbonyl (C=O) groups excluding carboxylic acids is 1. The van der Waals surface area contributed by atoms with Crippen LogP contribution >= 0.6 is 11.3 Å². The molecule has 2 heterocycles. The molecule has 0 radical (unpaired) electrons. The van der Waals surface area contributed by atoms with E-state index in [0.717, 1.165) is 25.0 Å². The molecule has 1 fully saturated rings. The van der Waals surface area contributed by atoms with Crippen molar-refractivity contribution in [2.75, 3.05) is 6.54 Å². The molecule has 1 aliphatic carbocycles. The van der Waals surface area contributed by atoms with Crippen molar-refractivity contribution in [1.29, 1.82) is 0 Å². The second kappa shape index (κ2) is 7.58. The average molecular weight is 407 g/mol.